The number of aryl methyl sites for hydroxylation is 1. The van der Waals surface area contributed by atoms with Crippen molar-refractivity contribution in [1.82, 2.24) is 10.2 Å². The largest absolute Gasteiger partial charge is 0.493 e. The van der Waals surface area contributed by atoms with Crippen molar-refractivity contribution in [1.29, 1.82) is 0 Å². The van der Waals surface area contributed by atoms with E-state index < -0.39 is 12.1 Å². The number of nitrogens with one attached hydrogen (secondary N) is 1. The molecule has 0 spiro atoms. The van der Waals surface area contributed by atoms with Gasteiger partial charge < -0.3 is 29.5 Å². The number of ether oxygens (including phenoxy) is 3. The molecule has 4 rings (SSSR count). The van der Waals surface area contributed by atoms with E-state index >= 15 is 0 Å². The Labute approximate surface area is 189 Å². The molecule has 2 aromatic carbocycles. The number of nitrogens with zero attached hydrogens (tertiary/aromatic N) is 1. The molecular formula is C25H32N2O5. The minimum atomic E-state index is -0.853. The van der Waals surface area contributed by atoms with Crippen LogP contribution in [-0.4, -0.2) is 61.4 Å². The lowest BCUT2D eigenvalue weighted by atomic mass is 10.0. The molecule has 32 heavy (non-hydrogen) atoms. The van der Waals surface area contributed by atoms with Gasteiger partial charge in [0.15, 0.2) is 11.5 Å². The standard InChI is InChI=1S/C25H32N2O5/c1-18-4-7-20(8-5-18)30-13-10-24(28)26-21(17-27-11-2-3-12-27)25(29)19-6-9-22-23(16-19)32-15-14-31-22/h4-9,16,21,25,29H,2-3,10-15,17H2,1H3,(H,26,28)/t21-,25-/m1/s1. The molecule has 2 atom stereocenters. The molecule has 1 amide bonds. The maximum absolute atomic E-state index is 12.7. The lowest BCUT2D eigenvalue weighted by Gasteiger charge is -2.29. The van der Waals surface area contributed by atoms with Gasteiger partial charge in [0.25, 0.3) is 0 Å². The number of carbonyl (C=O) groups is 1. The number of amides is 1. The zero-order valence-electron chi connectivity index (χ0n) is 18.6. The Bertz CT molecular complexity index is 896. The third-order valence-corrected chi connectivity index (χ3v) is 5.91. The van der Waals surface area contributed by atoms with Crippen LogP contribution in [0.1, 0.15) is 36.5 Å². The smallest absolute Gasteiger partial charge is 0.223 e. The topological polar surface area (TPSA) is 80.3 Å². The van der Waals surface area contributed by atoms with Crippen LogP contribution < -0.4 is 19.5 Å². The molecule has 172 valence electrons. The fourth-order valence-electron chi connectivity index (χ4n) is 4.12. The molecule has 0 radical (unpaired) electrons. The lowest BCUT2D eigenvalue weighted by molar-refractivity contribution is -0.123. The third-order valence-electron chi connectivity index (χ3n) is 5.91. The quantitative estimate of drug-likeness (QED) is 0.624. The number of aliphatic hydroxyl groups excluding tert-OH is 1. The average Bonchev–Trinajstić information content (AvgIpc) is 3.32. The Kier molecular flexibility index (Phi) is 7.50. The van der Waals surface area contributed by atoms with Crippen LogP contribution in [0, 0.1) is 6.92 Å². The van der Waals surface area contributed by atoms with Crippen LogP contribution >= 0.6 is 0 Å². The summed E-state index contributed by atoms with van der Waals surface area (Å²) in [4.78, 5) is 15.0. The molecule has 2 aliphatic rings. The van der Waals surface area contributed by atoms with Gasteiger partial charge in [-0.15, -0.1) is 0 Å². The van der Waals surface area contributed by atoms with Gasteiger partial charge in [0, 0.05) is 6.54 Å². The summed E-state index contributed by atoms with van der Waals surface area (Å²) in [5, 5.41) is 14.2. The molecule has 2 heterocycles. The number of rotatable bonds is 9. The summed E-state index contributed by atoms with van der Waals surface area (Å²) in [6.45, 7) is 5.87. The van der Waals surface area contributed by atoms with Gasteiger partial charge in [0.1, 0.15) is 25.1 Å². The second-order valence-corrected chi connectivity index (χ2v) is 8.44. The first kappa shape index (κ1) is 22.4. The Morgan fingerprint density at radius 1 is 1.09 bits per heavy atom. The van der Waals surface area contributed by atoms with Gasteiger partial charge in [-0.3, -0.25) is 4.79 Å². The van der Waals surface area contributed by atoms with Crippen LogP contribution in [0.5, 0.6) is 17.2 Å². The summed E-state index contributed by atoms with van der Waals surface area (Å²) in [5.74, 6) is 1.91. The van der Waals surface area contributed by atoms with E-state index in [1.54, 1.807) is 0 Å². The highest BCUT2D eigenvalue weighted by Gasteiger charge is 2.27. The SMILES string of the molecule is Cc1ccc(OCCC(=O)N[C@H](CN2CCCC2)[C@H](O)c2ccc3c(c2)OCCO3)cc1. The Morgan fingerprint density at radius 2 is 1.81 bits per heavy atom. The molecule has 0 bridgehead atoms. The second kappa shape index (κ2) is 10.7. The van der Waals surface area contributed by atoms with Gasteiger partial charge in [-0.05, 0) is 62.7 Å². The second-order valence-electron chi connectivity index (χ2n) is 8.44. The van der Waals surface area contributed by atoms with Crippen LogP contribution in [0.15, 0.2) is 42.5 Å². The van der Waals surface area contributed by atoms with Crippen LogP contribution in [0.3, 0.4) is 0 Å². The van der Waals surface area contributed by atoms with E-state index in [2.05, 4.69) is 10.2 Å². The Balaban J connectivity index is 1.38. The summed E-state index contributed by atoms with van der Waals surface area (Å²) >= 11 is 0. The summed E-state index contributed by atoms with van der Waals surface area (Å²) in [5.41, 5.74) is 1.86. The highest BCUT2D eigenvalue weighted by molar-refractivity contribution is 5.76. The zero-order valence-corrected chi connectivity index (χ0v) is 18.6. The van der Waals surface area contributed by atoms with Crippen LogP contribution in [0.25, 0.3) is 0 Å². The minimum absolute atomic E-state index is 0.141. The number of hydrogen-bond donors (Lipinski definition) is 2. The molecule has 2 N–H and O–H groups in total. The van der Waals surface area contributed by atoms with Crippen molar-refractivity contribution in [2.45, 2.75) is 38.3 Å². The van der Waals surface area contributed by atoms with Gasteiger partial charge in [-0.25, -0.2) is 0 Å². The number of benzene rings is 2. The number of aliphatic hydroxyl groups is 1. The van der Waals surface area contributed by atoms with Crippen LogP contribution in [0.4, 0.5) is 0 Å². The number of carbonyl (C=O) groups excluding carboxylic acids is 1. The van der Waals surface area contributed by atoms with E-state index in [9.17, 15) is 9.90 Å². The van der Waals surface area contributed by atoms with Crippen molar-refractivity contribution in [2.75, 3.05) is 39.5 Å². The summed E-state index contributed by atoms with van der Waals surface area (Å²) in [6, 6.07) is 12.8. The first-order valence-corrected chi connectivity index (χ1v) is 11.4. The Morgan fingerprint density at radius 3 is 2.56 bits per heavy atom. The summed E-state index contributed by atoms with van der Waals surface area (Å²) < 4.78 is 16.9. The van der Waals surface area contributed by atoms with Crippen LogP contribution in [-0.2, 0) is 4.79 Å². The maximum Gasteiger partial charge on any atom is 0.223 e. The average molecular weight is 441 g/mol. The van der Waals surface area contributed by atoms with E-state index in [0.717, 1.165) is 37.2 Å². The maximum atomic E-state index is 12.7. The molecule has 1 fully saturated rings. The third kappa shape index (κ3) is 5.93. The van der Waals surface area contributed by atoms with Gasteiger partial charge in [0.2, 0.25) is 5.91 Å². The molecule has 7 nitrogen and oxygen atoms in total. The normalized spacial score (nSPS) is 17.6. The number of hydrogen-bond acceptors (Lipinski definition) is 6. The van der Waals surface area contributed by atoms with E-state index in [1.165, 1.54) is 0 Å². The molecule has 0 saturated carbocycles. The van der Waals surface area contributed by atoms with Gasteiger partial charge in [0.05, 0.1) is 19.1 Å². The first-order chi connectivity index (χ1) is 15.6. The number of fused-ring (bicyclic) bond motifs is 1. The number of likely N-dealkylation sites (tertiary alicyclic amines) is 1. The van der Waals surface area contributed by atoms with Crippen molar-refractivity contribution in [3.63, 3.8) is 0 Å². The monoisotopic (exact) mass is 440 g/mol. The Hall–Kier alpha value is -2.77. The van der Waals surface area contributed by atoms with E-state index in [1.807, 2.05) is 49.4 Å². The lowest BCUT2D eigenvalue weighted by Crippen LogP contribution is -2.47. The first-order valence-electron chi connectivity index (χ1n) is 11.4. The van der Waals surface area contributed by atoms with Crippen molar-refractivity contribution in [3.8, 4) is 17.2 Å². The van der Waals surface area contributed by atoms with Crippen molar-refractivity contribution >= 4 is 5.91 Å². The van der Waals surface area contributed by atoms with E-state index in [0.29, 0.717) is 36.8 Å². The predicted molar refractivity (Wildman–Crippen MR) is 121 cm³/mol. The molecular weight excluding hydrogens is 408 g/mol. The summed E-state index contributed by atoms with van der Waals surface area (Å²) in [7, 11) is 0. The molecule has 0 aromatic heterocycles. The van der Waals surface area contributed by atoms with Gasteiger partial charge in [-0.1, -0.05) is 23.8 Å². The predicted octanol–water partition coefficient (Wildman–Crippen LogP) is 2.85. The fraction of sp³-hybridized carbons (Fsp3) is 0.480. The van der Waals surface area contributed by atoms with E-state index in [4.69, 9.17) is 14.2 Å². The molecule has 2 aliphatic heterocycles. The minimum Gasteiger partial charge on any atom is -0.493 e. The molecule has 2 aromatic rings. The van der Waals surface area contributed by atoms with Crippen molar-refractivity contribution in [3.05, 3.63) is 53.6 Å². The molecule has 7 heteroatoms. The zero-order chi connectivity index (χ0) is 22.3. The van der Waals surface area contributed by atoms with E-state index in [-0.39, 0.29) is 18.9 Å². The molecule has 0 aliphatic carbocycles. The molecule has 0 unspecified atom stereocenters. The van der Waals surface area contributed by atoms with Crippen molar-refractivity contribution < 1.29 is 24.1 Å². The molecule has 1 saturated heterocycles. The van der Waals surface area contributed by atoms with Gasteiger partial charge in [-0.2, -0.15) is 0 Å². The van der Waals surface area contributed by atoms with Crippen LogP contribution in [0.2, 0.25) is 0 Å². The highest BCUT2D eigenvalue weighted by Crippen LogP contribution is 2.33. The summed E-state index contributed by atoms with van der Waals surface area (Å²) in [6.07, 6.45) is 1.66. The van der Waals surface area contributed by atoms with Crippen molar-refractivity contribution in [2.24, 2.45) is 0 Å². The fourth-order valence-corrected chi connectivity index (χ4v) is 4.12. The van der Waals surface area contributed by atoms with Gasteiger partial charge >= 0.3 is 0 Å². The highest BCUT2D eigenvalue weighted by atomic mass is 16.6.